The van der Waals surface area contributed by atoms with Gasteiger partial charge in [-0.1, -0.05) is 31.9 Å². The van der Waals surface area contributed by atoms with Crippen LogP contribution in [0, 0.1) is 0 Å². The summed E-state index contributed by atoms with van der Waals surface area (Å²) in [5.41, 5.74) is 1.83. The Kier molecular flexibility index (Phi) is 3.89. The van der Waals surface area contributed by atoms with Crippen molar-refractivity contribution in [2.24, 2.45) is 7.05 Å². The van der Waals surface area contributed by atoms with Gasteiger partial charge in [0.15, 0.2) is 0 Å². The average molecular weight is 314 g/mol. The molecule has 0 radical (unpaired) electrons. The summed E-state index contributed by atoms with van der Waals surface area (Å²) in [6, 6.07) is 8.79. The second kappa shape index (κ2) is 5.39. The molecule has 2 heterocycles. The van der Waals surface area contributed by atoms with Crippen LogP contribution in [0.25, 0.3) is 10.9 Å². The summed E-state index contributed by atoms with van der Waals surface area (Å²) in [7, 11) is 2.08. The summed E-state index contributed by atoms with van der Waals surface area (Å²) >= 11 is 0. The molecule has 0 bridgehead atoms. The van der Waals surface area contributed by atoms with Crippen LogP contribution in [-0.4, -0.2) is 22.3 Å². The lowest BCUT2D eigenvalue weighted by atomic mass is 9.48. The van der Waals surface area contributed by atoms with Gasteiger partial charge in [-0.2, -0.15) is 5.46 Å². The second-order valence-corrected chi connectivity index (χ2v) is 8.01. The molecule has 1 aliphatic heterocycles. The Morgan fingerprint density at radius 1 is 1.04 bits per heavy atom. The highest BCUT2D eigenvalue weighted by molar-refractivity contribution is 6.81. The summed E-state index contributed by atoms with van der Waals surface area (Å²) in [5, 5.41) is 1.25. The van der Waals surface area contributed by atoms with Gasteiger partial charge in [-0.25, -0.2) is 0 Å². The summed E-state index contributed by atoms with van der Waals surface area (Å²) in [6.07, 6.45) is 5.30. The molecule has 1 aromatic heterocycles. The third kappa shape index (κ3) is 2.62. The molecule has 1 saturated heterocycles. The second-order valence-electron chi connectivity index (χ2n) is 8.01. The van der Waals surface area contributed by atoms with E-state index in [1.54, 1.807) is 0 Å². The van der Waals surface area contributed by atoms with E-state index in [9.17, 15) is 0 Å². The molecule has 0 aliphatic carbocycles. The monoisotopic (exact) mass is 314 g/mol. The first kappa shape index (κ1) is 16.6. The van der Waals surface area contributed by atoms with Gasteiger partial charge in [0.25, 0.3) is 6.55 Å². The third-order valence-electron chi connectivity index (χ3n) is 5.77. The Morgan fingerprint density at radius 3 is 2.30 bits per heavy atom. The van der Waals surface area contributed by atoms with Crippen LogP contribution in [0.3, 0.4) is 0 Å². The van der Waals surface area contributed by atoms with Crippen LogP contribution in [0.4, 0.5) is 0 Å². The van der Waals surface area contributed by atoms with E-state index in [-0.39, 0.29) is 11.2 Å². The summed E-state index contributed by atoms with van der Waals surface area (Å²) in [5.74, 6) is 0. The molecule has 0 unspecified atom stereocenters. The van der Waals surface area contributed by atoms with Crippen LogP contribution in [0.5, 0.6) is 0 Å². The van der Waals surface area contributed by atoms with Crippen LogP contribution >= 0.6 is 0 Å². The zero-order valence-electron chi connectivity index (χ0n) is 15.3. The molecule has 0 spiro atoms. The Hall–Kier alpha value is -1.26. The van der Waals surface area contributed by atoms with E-state index in [1.165, 1.54) is 16.4 Å². The molecule has 0 saturated carbocycles. The predicted molar refractivity (Wildman–Crippen MR) is 98.4 cm³/mol. The van der Waals surface area contributed by atoms with Gasteiger partial charge < -0.3 is 13.9 Å². The molecule has 23 heavy (non-hydrogen) atoms. The maximum Gasteiger partial charge on any atom is 0.270 e. The number of fused-ring (bicyclic) bond motifs is 1. The van der Waals surface area contributed by atoms with E-state index in [2.05, 4.69) is 76.7 Å². The molecule has 0 amide bonds. The van der Waals surface area contributed by atoms with Crippen molar-refractivity contribution in [2.75, 3.05) is 0 Å². The van der Waals surface area contributed by atoms with E-state index in [0.29, 0.717) is 0 Å². The lowest BCUT2D eigenvalue weighted by Crippen LogP contribution is -2.51. The molecule has 0 atom stereocenters. The zero-order chi connectivity index (χ0) is 16.9. The SMILES string of the molecule is CCCC[B-]1(c2ccc3c(ccn3C)c2)OC(C)(C)C(C)(C)O1. The van der Waals surface area contributed by atoms with E-state index < -0.39 is 6.55 Å². The van der Waals surface area contributed by atoms with Crippen molar-refractivity contribution in [1.82, 2.24) is 4.57 Å². The van der Waals surface area contributed by atoms with Gasteiger partial charge >= 0.3 is 0 Å². The zero-order valence-corrected chi connectivity index (χ0v) is 15.3. The first-order chi connectivity index (χ1) is 10.7. The molecular formula is C19H29BNO2-. The van der Waals surface area contributed by atoms with Crippen molar-refractivity contribution in [3.63, 3.8) is 0 Å². The highest BCUT2D eigenvalue weighted by atomic mass is 16.7. The largest absolute Gasteiger partial charge is 0.558 e. The Labute approximate surface area is 139 Å². The van der Waals surface area contributed by atoms with Crippen LogP contribution in [0.2, 0.25) is 6.32 Å². The van der Waals surface area contributed by atoms with Crippen molar-refractivity contribution < 1.29 is 9.31 Å². The van der Waals surface area contributed by atoms with Crippen LogP contribution < -0.4 is 5.46 Å². The molecular weight excluding hydrogens is 285 g/mol. The summed E-state index contributed by atoms with van der Waals surface area (Å²) in [6.45, 7) is 9.34. The maximum absolute atomic E-state index is 6.63. The molecule has 1 fully saturated rings. The predicted octanol–water partition coefficient (Wildman–Crippen LogP) is 4.23. The summed E-state index contributed by atoms with van der Waals surface area (Å²) < 4.78 is 15.4. The maximum atomic E-state index is 6.63. The van der Waals surface area contributed by atoms with Gasteiger partial charge in [0.1, 0.15) is 0 Å². The fraction of sp³-hybridized carbons (Fsp3) is 0.579. The minimum atomic E-state index is -1.44. The molecule has 1 aliphatic rings. The van der Waals surface area contributed by atoms with Crippen LogP contribution in [0.1, 0.15) is 47.5 Å². The molecule has 2 aromatic rings. The van der Waals surface area contributed by atoms with Crippen molar-refractivity contribution in [3.05, 3.63) is 30.5 Å². The Bertz CT molecular complexity index is 701. The normalized spacial score (nSPS) is 21.8. The highest BCUT2D eigenvalue weighted by Gasteiger charge is 2.51. The van der Waals surface area contributed by atoms with Crippen molar-refractivity contribution in [2.45, 2.75) is 65.0 Å². The number of aryl methyl sites for hydroxylation is 1. The van der Waals surface area contributed by atoms with Crippen molar-refractivity contribution >= 4 is 22.9 Å². The standard InChI is InChI=1S/C19H29BNO2/c1-7-8-12-20(22-18(2,3)19(4,5)23-20)16-9-10-17-15(14-16)11-13-21(17)6/h9-11,13-14H,7-8,12H2,1-6H3/q-1. The number of unbranched alkanes of at least 4 members (excludes halogenated alkanes) is 1. The van der Waals surface area contributed by atoms with Crippen molar-refractivity contribution in [1.29, 1.82) is 0 Å². The summed E-state index contributed by atoms with van der Waals surface area (Å²) in [4.78, 5) is 0. The minimum absolute atomic E-state index is 0.299. The molecule has 0 N–H and O–H groups in total. The van der Waals surface area contributed by atoms with Crippen molar-refractivity contribution in [3.8, 4) is 0 Å². The number of hydrogen-bond donors (Lipinski definition) is 0. The number of aromatic nitrogens is 1. The van der Waals surface area contributed by atoms with E-state index in [0.717, 1.165) is 19.2 Å². The first-order valence-electron chi connectivity index (χ1n) is 8.82. The average Bonchev–Trinajstić information content (AvgIpc) is 2.93. The minimum Gasteiger partial charge on any atom is -0.558 e. The number of hydrogen-bond acceptors (Lipinski definition) is 2. The fourth-order valence-electron chi connectivity index (χ4n) is 3.73. The van der Waals surface area contributed by atoms with E-state index in [1.807, 2.05) is 0 Å². The molecule has 3 rings (SSSR count). The van der Waals surface area contributed by atoms with Gasteiger partial charge in [0, 0.05) is 30.0 Å². The quantitative estimate of drug-likeness (QED) is 0.788. The molecule has 126 valence electrons. The third-order valence-corrected chi connectivity index (χ3v) is 5.77. The Balaban J connectivity index is 2.08. The van der Waals surface area contributed by atoms with Gasteiger partial charge in [0.2, 0.25) is 0 Å². The topological polar surface area (TPSA) is 23.4 Å². The first-order valence-corrected chi connectivity index (χ1v) is 8.82. The highest BCUT2D eigenvalue weighted by Crippen LogP contribution is 2.43. The van der Waals surface area contributed by atoms with Crippen LogP contribution in [0.15, 0.2) is 30.5 Å². The van der Waals surface area contributed by atoms with E-state index >= 15 is 0 Å². The fourth-order valence-corrected chi connectivity index (χ4v) is 3.73. The molecule has 4 heteroatoms. The smallest absolute Gasteiger partial charge is 0.270 e. The number of benzene rings is 1. The van der Waals surface area contributed by atoms with Gasteiger partial charge in [-0.15, -0.1) is 6.32 Å². The lowest BCUT2D eigenvalue weighted by Gasteiger charge is -2.38. The number of nitrogens with zero attached hydrogens (tertiary/aromatic N) is 1. The van der Waals surface area contributed by atoms with Crippen LogP contribution in [-0.2, 0) is 16.4 Å². The Morgan fingerprint density at radius 2 is 1.70 bits per heavy atom. The number of rotatable bonds is 4. The van der Waals surface area contributed by atoms with Gasteiger partial charge in [0.05, 0.1) is 0 Å². The lowest BCUT2D eigenvalue weighted by molar-refractivity contribution is 0.00578. The van der Waals surface area contributed by atoms with Gasteiger partial charge in [-0.05, 0) is 45.2 Å². The van der Waals surface area contributed by atoms with Gasteiger partial charge in [-0.3, -0.25) is 0 Å². The van der Waals surface area contributed by atoms with E-state index in [4.69, 9.17) is 9.31 Å². The molecule has 1 aromatic carbocycles. The molecule has 3 nitrogen and oxygen atoms in total.